The highest BCUT2D eigenvalue weighted by atomic mass is 16.5. The molecule has 0 spiro atoms. The minimum Gasteiger partial charge on any atom is -0.497 e. The number of aliphatic hydroxyl groups is 1. The SMILES string of the molecule is CCC(=O)c1cc(C(=O)O)cc2c1O[C@H](CO)[C@H]2c1cccc(OC)c1. The molecule has 1 aliphatic rings. The zero-order valence-corrected chi connectivity index (χ0v) is 14.6. The first-order valence-corrected chi connectivity index (χ1v) is 8.36. The van der Waals surface area contributed by atoms with E-state index in [-0.39, 0.29) is 29.9 Å². The highest BCUT2D eigenvalue weighted by Crippen LogP contribution is 2.45. The van der Waals surface area contributed by atoms with Crippen LogP contribution in [0.3, 0.4) is 0 Å². The predicted molar refractivity (Wildman–Crippen MR) is 94.4 cm³/mol. The summed E-state index contributed by atoms with van der Waals surface area (Å²) in [5.74, 6) is -0.712. The number of aliphatic hydroxyl groups excluding tert-OH is 1. The number of carboxylic acid groups (broad SMARTS) is 1. The van der Waals surface area contributed by atoms with Gasteiger partial charge >= 0.3 is 5.97 Å². The monoisotopic (exact) mass is 356 g/mol. The van der Waals surface area contributed by atoms with Crippen LogP contribution in [-0.4, -0.2) is 41.8 Å². The molecule has 136 valence electrons. The zero-order chi connectivity index (χ0) is 18.8. The second-order valence-corrected chi connectivity index (χ2v) is 6.12. The van der Waals surface area contributed by atoms with E-state index < -0.39 is 18.0 Å². The number of carboxylic acids is 1. The van der Waals surface area contributed by atoms with Crippen LogP contribution < -0.4 is 9.47 Å². The van der Waals surface area contributed by atoms with Gasteiger partial charge in [-0.2, -0.15) is 0 Å². The third-order valence-electron chi connectivity index (χ3n) is 4.60. The van der Waals surface area contributed by atoms with Gasteiger partial charge in [0.2, 0.25) is 0 Å². The lowest BCUT2D eigenvalue weighted by atomic mass is 9.86. The molecule has 0 saturated heterocycles. The van der Waals surface area contributed by atoms with E-state index in [4.69, 9.17) is 9.47 Å². The number of ether oxygens (including phenoxy) is 2. The second-order valence-electron chi connectivity index (χ2n) is 6.12. The molecule has 2 atom stereocenters. The van der Waals surface area contributed by atoms with E-state index in [0.29, 0.717) is 17.1 Å². The molecule has 26 heavy (non-hydrogen) atoms. The van der Waals surface area contributed by atoms with E-state index in [0.717, 1.165) is 5.56 Å². The summed E-state index contributed by atoms with van der Waals surface area (Å²) in [6.45, 7) is 1.44. The molecule has 2 aromatic carbocycles. The highest BCUT2D eigenvalue weighted by Gasteiger charge is 2.38. The number of benzene rings is 2. The van der Waals surface area contributed by atoms with E-state index in [1.807, 2.05) is 18.2 Å². The molecule has 6 heteroatoms. The zero-order valence-electron chi connectivity index (χ0n) is 14.6. The van der Waals surface area contributed by atoms with Gasteiger partial charge in [-0.05, 0) is 29.8 Å². The van der Waals surface area contributed by atoms with Crippen molar-refractivity contribution in [3.8, 4) is 11.5 Å². The van der Waals surface area contributed by atoms with Gasteiger partial charge in [0.1, 0.15) is 17.6 Å². The molecule has 0 fully saturated rings. The quantitative estimate of drug-likeness (QED) is 0.773. The number of hydrogen-bond donors (Lipinski definition) is 2. The van der Waals surface area contributed by atoms with Crippen LogP contribution in [0.4, 0.5) is 0 Å². The number of hydrogen-bond acceptors (Lipinski definition) is 5. The molecule has 0 radical (unpaired) electrons. The Labute approximate surface area is 151 Å². The first kappa shape index (κ1) is 17.9. The Hall–Kier alpha value is -2.86. The lowest BCUT2D eigenvalue weighted by molar-refractivity contribution is 0.0696. The highest BCUT2D eigenvalue weighted by molar-refractivity contribution is 6.02. The van der Waals surface area contributed by atoms with Gasteiger partial charge in [-0.25, -0.2) is 4.79 Å². The Morgan fingerprint density at radius 1 is 1.23 bits per heavy atom. The molecule has 0 saturated carbocycles. The van der Waals surface area contributed by atoms with Crippen molar-refractivity contribution in [1.82, 2.24) is 0 Å². The van der Waals surface area contributed by atoms with Crippen LogP contribution in [0.25, 0.3) is 0 Å². The third kappa shape index (κ3) is 3.04. The van der Waals surface area contributed by atoms with Gasteiger partial charge in [-0.3, -0.25) is 4.79 Å². The fourth-order valence-corrected chi connectivity index (χ4v) is 3.33. The van der Waals surface area contributed by atoms with Crippen molar-refractivity contribution in [3.05, 3.63) is 58.7 Å². The van der Waals surface area contributed by atoms with Crippen molar-refractivity contribution < 1.29 is 29.3 Å². The first-order valence-electron chi connectivity index (χ1n) is 8.36. The van der Waals surface area contributed by atoms with Crippen LogP contribution in [0.5, 0.6) is 11.5 Å². The van der Waals surface area contributed by atoms with Crippen molar-refractivity contribution in [2.24, 2.45) is 0 Å². The molecular formula is C20H20O6. The topological polar surface area (TPSA) is 93.1 Å². The number of carbonyl (C=O) groups is 2. The number of fused-ring (bicyclic) bond motifs is 1. The maximum Gasteiger partial charge on any atom is 0.335 e. The van der Waals surface area contributed by atoms with Gasteiger partial charge < -0.3 is 19.7 Å². The molecule has 0 bridgehead atoms. The summed E-state index contributed by atoms with van der Waals surface area (Å²) in [6, 6.07) is 10.2. The Balaban J connectivity index is 2.21. The Morgan fingerprint density at radius 3 is 2.62 bits per heavy atom. The summed E-state index contributed by atoms with van der Waals surface area (Å²) >= 11 is 0. The fourth-order valence-electron chi connectivity index (χ4n) is 3.33. The normalized spacial score (nSPS) is 18.1. The molecule has 0 aliphatic carbocycles. The fraction of sp³-hybridized carbons (Fsp3) is 0.300. The number of methoxy groups -OCH3 is 1. The van der Waals surface area contributed by atoms with Crippen LogP contribution in [-0.2, 0) is 0 Å². The molecule has 1 aliphatic heterocycles. The van der Waals surface area contributed by atoms with Crippen LogP contribution >= 0.6 is 0 Å². The molecule has 3 rings (SSSR count). The Kier molecular flexibility index (Phi) is 4.95. The summed E-state index contributed by atoms with van der Waals surface area (Å²) in [6.07, 6.45) is -0.378. The lowest BCUT2D eigenvalue weighted by Crippen LogP contribution is -2.24. The summed E-state index contributed by atoms with van der Waals surface area (Å²) in [7, 11) is 1.56. The standard InChI is InChI=1S/C20H20O6/c1-3-16(22)14-8-12(20(23)24)9-15-18(17(10-21)26-19(14)15)11-5-4-6-13(7-11)25-2/h4-9,17-18,21H,3,10H2,1-2H3,(H,23,24)/t17-,18+/m1/s1. The average molecular weight is 356 g/mol. The Morgan fingerprint density at radius 2 is 2.00 bits per heavy atom. The summed E-state index contributed by atoms with van der Waals surface area (Å²) in [4.78, 5) is 23.9. The molecule has 0 unspecified atom stereocenters. The van der Waals surface area contributed by atoms with Crippen molar-refractivity contribution in [1.29, 1.82) is 0 Å². The Bertz CT molecular complexity index is 857. The summed E-state index contributed by atoms with van der Waals surface area (Å²) < 4.78 is 11.1. The average Bonchev–Trinajstić information content (AvgIpc) is 3.05. The van der Waals surface area contributed by atoms with Crippen LogP contribution in [0, 0.1) is 0 Å². The first-order chi connectivity index (χ1) is 12.5. The molecular weight excluding hydrogens is 336 g/mol. The van der Waals surface area contributed by atoms with Gasteiger partial charge in [-0.1, -0.05) is 19.1 Å². The van der Waals surface area contributed by atoms with Crippen LogP contribution in [0.15, 0.2) is 36.4 Å². The number of rotatable bonds is 6. The molecule has 6 nitrogen and oxygen atoms in total. The minimum atomic E-state index is -1.12. The largest absolute Gasteiger partial charge is 0.497 e. The molecule has 1 heterocycles. The number of aromatic carboxylic acids is 1. The smallest absolute Gasteiger partial charge is 0.335 e. The maximum absolute atomic E-state index is 12.3. The van der Waals surface area contributed by atoms with E-state index >= 15 is 0 Å². The minimum absolute atomic E-state index is 0.0237. The van der Waals surface area contributed by atoms with Gasteiger partial charge in [0.15, 0.2) is 5.78 Å². The molecule has 0 aromatic heterocycles. The van der Waals surface area contributed by atoms with Gasteiger partial charge in [0.25, 0.3) is 0 Å². The van der Waals surface area contributed by atoms with E-state index in [1.54, 1.807) is 20.1 Å². The number of ketones is 1. The predicted octanol–water partition coefficient (Wildman–Crippen LogP) is 2.87. The molecule has 0 amide bonds. The van der Waals surface area contributed by atoms with Crippen molar-refractivity contribution in [2.75, 3.05) is 13.7 Å². The molecule has 2 aromatic rings. The van der Waals surface area contributed by atoms with Crippen molar-refractivity contribution in [3.63, 3.8) is 0 Å². The van der Waals surface area contributed by atoms with Crippen LogP contribution in [0.2, 0.25) is 0 Å². The summed E-state index contributed by atoms with van der Waals surface area (Å²) in [5.41, 5.74) is 1.68. The maximum atomic E-state index is 12.3. The van der Waals surface area contributed by atoms with E-state index in [2.05, 4.69) is 0 Å². The van der Waals surface area contributed by atoms with Crippen molar-refractivity contribution in [2.45, 2.75) is 25.4 Å². The van der Waals surface area contributed by atoms with E-state index in [1.165, 1.54) is 12.1 Å². The van der Waals surface area contributed by atoms with Gasteiger partial charge in [0, 0.05) is 12.0 Å². The number of Topliss-reactive ketones (excluding diaryl/α,β-unsaturated/α-hetero) is 1. The van der Waals surface area contributed by atoms with Crippen molar-refractivity contribution >= 4 is 11.8 Å². The number of carbonyl (C=O) groups excluding carboxylic acids is 1. The lowest BCUT2D eigenvalue weighted by Gasteiger charge is -2.18. The van der Waals surface area contributed by atoms with Gasteiger partial charge in [0.05, 0.1) is 30.8 Å². The molecule has 2 N–H and O–H groups in total. The summed E-state index contributed by atoms with van der Waals surface area (Å²) in [5, 5.41) is 19.2. The third-order valence-corrected chi connectivity index (χ3v) is 4.60. The second kappa shape index (κ2) is 7.17. The van der Waals surface area contributed by atoms with E-state index in [9.17, 15) is 19.8 Å². The van der Waals surface area contributed by atoms with Gasteiger partial charge in [-0.15, -0.1) is 0 Å². The van der Waals surface area contributed by atoms with Crippen LogP contribution in [0.1, 0.15) is 51.1 Å².